The van der Waals surface area contributed by atoms with Crippen LogP contribution in [0.5, 0.6) is 5.75 Å². The molecule has 70 valence electrons. The maximum atomic E-state index is 5.35. The van der Waals surface area contributed by atoms with Crippen molar-refractivity contribution in [2.24, 2.45) is 5.90 Å². The highest BCUT2D eigenvalue weighted by Gasteiger charge is 2.13. The molecule has 1 aromatic carbocycles. The highest BCUT2D eigenvalue weighted by atomic mass is 16.7. The molecule has 0 bridgehead atoms. The van der Waals surface area contributed by atoms with Gasteiger partial charge in [0.2, 0.25) is 0 Å². The van der Waals surface area contributed by atoms with Crippen LogP contribution in [0, 0.1) is 0 Å². The van der Waals surface area contributed by atoms with Gasteiger partial charge in [-0.2, -0.15) is 0 Å². The summed E-state index contributed by atoms with van der Waals surface area (Å²) in [6, 6.07) is 5.83. The van der Waals surface area contributed by atoms with Crippen LogP contribution in [0.25, 0.3) is 0 Å². The molecule has 0 aliphatic carbocycles. The van der Waals surface area contributed by atoms with Gasteiger partial charge in [0.05, 0.1) is 13.2 Å². The average Bonchev–Trinajstić information content (AvgIpc) is 2.19. The number of rotatable bonds is 2. The van der Waals surface area contributed by atoms with E-state index in [2.05, 4.69) is 4.84 Å². The zero-order chi connectivity index (χ0) is 9.10. The lowest BCUT2D eigenvalue weighted by molar-refractivity contribution is -0.0184. The van der Waals surface area contributed by atoms with E-state index in [1.165, 1.54) is 0 Å². The van der Waals surface area contributed by atoms with Gasteiger partial charge in [0.15, 0.2) is 6.79 Å². The van der Waals surface area contributed by atoms with Gasteiger partial charge in [0.25, 0.3) is 0 Å². The Morgan fingerprint density at radius 1 is 1.46 bits per heavy atom. The molecule has 13 heavy (non-hydrogen) atoms. The van der Waals surface area contributed by atoms with E-state index < -0.39 is 0 Å². The number of para-hydroxylation sites is 1. The molecule has 0 saturated heterocycles. The third-order valence-corrected chi connectivity index (χ3v) is 1.96. The highest BCUT2D eigenvalue weighted by molar-refractivity contribution is 5.41. The smallest absolute Gasteiger partial charge is 0.189 e. The second-order valence-corrected chi connectivity index (χ2v) is 2.83. The fourth-order valence-corrected chi connectivity index (χ4v) is 1.39. The van der Waals surface area contributed by atoms with Gasteiger partial charge in [0.1, 0.15) is 5.75 Å². The molecule has 1 aliphatic rings. The number of nitrogens with two attached hydrogens (primary N) is 1. The fourth-order valence-electron chi connectivity index (χ4n) is 1.39. The summed E-state index contributed by atoms with van der Waals surface area (Å²) < 4.78 is 10.5. The van der Waals surface area contributed by atoms with Crippen molar-refractivity contribution < 1.29 is 14.3 Å². The van der Waals surface area contributed by atoms with E-state index in [-0.39, 0.29) is 0 Å². The molecule has 0 atom stereocenters. The molecule has 1 aliphatic heterocycles. The molecule has 4 heteroatoms. The Kier molecular flexibility index (Phi) is 2.44. The molecule has 0 radical (unpaired) electrons. The quantitative estimate of drug-likeness (QED) is 0.690. The van der Waals surface area contributed by atoms with Crippen molar-refractivity contribution in [3.63, 3.8) is 0 Å². The Morgan fingerprint density at radius 2 is 2.38 bits per heavy atom. The third-order valence-electron chi connectivity index (χ3n) is 1.96. The Labute approximate surface area is 76.2 Å². The topological polar surface area (TPSA) is 53.7 Å². The van der Waals surface area contributed by atoms with Crippen molar-refractivity contribution in [3.8, 4) is 5.75 Å². The van der Waals surface area contributed by atoms with Crippen molar-refractivity contribution >= 4 is 0 Å². The Bertz CT molecular complexity index is 301. The molecule has 0 amide bonds. The van der Waals surface area contributed by atoms with Crippen LogP contribution in [0.2, 0.25) is 0 Å². The summed E-state index contributed by atoms with van der Waals surface area (Å²) in [6.45, 7) is 1.26. The molecule has 0 aromatic heterocycles. The second kappa shape index (κ2) is 3.74. The minimum absolute atomic E-state index is 0.300. The first-order valence-electron chi connectivity index (χ1n) is 4.05. The van der Waals surface area contributed by atoms with Gasteiger partial charge in [-0.1, -0.05) is 18.2 Å². The highest BCUT2D eigenvalue weighted by Crippen LogP contribution is 2.27. The van der Waals surface area contributed by atoms with E-state index in [1.54, 1.807) is 0 Å². The average molecular weight is 181 g/mol. The summed E-state index contributed by atoms with van der Waals surface area (Å²) in [7, 11) is 0. The van der Waals surface area contributed by atoms with E-state index in [1.807, 2.05) is 18.2 Å². The lowest BCUT2D eigenvalue weighted by atomic mass is 10.1. The molecule has 0 spiro atoms. The van der Waals surface area contributed by atoms with Crippen molar-refractivity contribution in [3.05, 3.63) is 29.3 Å². The molecule has 0 fully saturated rings. The minimum Gasteiger partial charge on any atom is -0.467 e. The fraction of sp³-hybridized carbons (Fsp3) is 0.333. The lowest BCUT2D eigenvalue weighted by Gasteiger charge is -2.19. The predicted molar refractivity (Wildman–Crippen MR) is 45.7 cm³/mol. The van der Waals surface area contributed by atoms with Gasteiger partial charge in [0, 0.05) is 11.1 Å². The maximum absolute atomic E-state index is 5.35. The van der Waals surface area contributed by atoms with Gasteiger partial charge < -0.3 is 9.47 Å². The van der Waals surface area contributed by atoms with Crippen molar-refractivity contribution in [2.75, 3.05) is 6.79 Å². The molecular formula is C9H11NO3. The number of hydrogen-bond donors (Lipinski definition) is 1. The predicted octanol–water partition coefficient (Wildman–Crippen LogP) is 0.943. The molecular weight excluding hydrogens is 170 g/mol. The van der Waals surface area contributed by atoms with Crippen LogP contribution in [0.3, 0.4) is 0 Å². The summed E-state index contributed by atoms with van der Waals surface area (Å²) in [4.78, 5) is 4.57. The van der Waals surface area contributed by atoms with Crippen LogP contribution in [0.15, 0.2) is 18.2 Å². The molecule has 0 unspecified atom stereocenters. The van der Waals surface area contributed by atoms with Crippen LogP contribution in [0.1, 0.15) is 11.1 Å². The normalized spacial score (nSPS) is 14.8. The number of fused-ring (bicyclic) bond motifs is 1. The molecule has 2 N–H and O–H groups in total. The lowest BCUT2D eigenvalue weighted by Crippen LogP contribution is -2.13. The van der Waals surface area contributed by atoms with Crippen LogP contribution in [-0.2, 0) is 22.8 Å². The number of benzene rings is 1. The summed E-state index contributed by atoms with van der Waals surface area (Å²) in [5, 5.41) is 0. The van der Waals surface area contributed by atoms with Crippen LogP contribution in [0.4, 0.5) is 0 Å². The minimum atomic E-state index is 0.300. The number of ether oxygens (including phenoxy) is 2. The van der Waals surface area contributed by atoms with Crippen LogP contribution >= 0.6 is 0 Å². The van der Waals surface area contributed by atoms with E-state index in [4.69, 9.17) is 15.4 Å². The van der Waals surface area contributed by atoms with Crippen LogP contribution < -0.4 is 10.6 Å². The summed E-state index contributed by atoms with van der Waals surface area (Å²) in [6.07, 6.45) is 0. The SMILES string of the molecule is NOCc1cccc2c1OCOC2. The van der Waals surface area contributed by atoms with Crippen molar-refractivity contribution in [2.45, 2.75) is 13.2 Å². The standard InChI is InChI=1S/C9H11NO3/c10-13-5-8-3-1-2-7-4-11-6-12-9(7)8/h1-3H,4-6,10H2. The Morgan fingerprint density at radius 3 is 3.23 bits per heavy atom. The largest absolute Gasteiger partial charge is 0.467 e. The third kappa shape index (κ3) is 1.65. The van der Waals surface area contributed by atoms with E-state index in [9.17, 15) is 0 Å². The molecule has 1 aromatic rings. The first-order chi connectivity index (χ1) is 6.42. The summed E-state index contributed by atoms with van der Waals surface area (Å²) >= 11 is 0. The second-order valence-electron chi connectivity index (χ2n) is 2.83. The van der Waals surface area contributed by atoms with Gasteiger partial charge in [-0.05, 0) is 0 Å². The van der Waals surface area contributed by atoms with Gasteiger partial charge in [-0.15, -0.1) is 0 Å². The van der Waals surface area contributed by atoms with Gasteiger partial charge in [-0.25, -0.2) is 5.90 Å². The molecule has 4 nitrogen and oxygen atoms in total. The van der Waals surface area contributed by atoms with Crippen molar-refractivity contribution in [1.82, 2.24) is 0 Å². The van der Waals surface area contributed by atoms with E-state index >= 15 is 0 Å². The van der Waals surface area contributed by atoms with E-state index in [0.717, 1.165) is 16.9 Å². The molecule has 0 saturated carbocycles. The monoisotopic (exact) mass is 181 g/mol. The van der Waals surface area contributed by atoms with Gasteiger partial charge >= 0.3 is 0 Å². The van der Waals surface area contributed by atoms with E-state index in [0.29, 0.717) is 20.0 Å². The Hall–Kier alpha value is -1.10. The zero-order valence-electron chi connectivity index (χ0n) is 7.16. The van der Waals surface area contributed by atoms with Crippen LogP contribution in [-0.4, -0.2) is 6.79 Å². The first kappa shape index (κ1) is 8.50. The first-order valence-corrected chi connectivity index (χ1v) is 4.05. The molecule has 1 heterocycles. The summed E-state index contributed by atoms with van der Waals surface area (Å²) in [5.41, 5.74) is 2.00. The summed E-state index contributed by atoms with van der Waals surface area (Å²) in [5.74, 6) is 5.85. The maximum Gasteiger partial charge on any atom is 0.189 e. The van der Waals surface area contributed by atoms with Crippen molar-refractivity contribution in [1.29, 1.82) is 0 Å². The molecule has 2 rings (SSSR count). The van der Waals surface area contributed by atoms with Gasteiger partial charge in [-0.3, -0.25) is 4.84 Å². The Balaban J connectivity index is 2.34. The zero-order valence-corrected chi connectivity index (χ0v) is 7.16. The number of hydrogen-bond acceptors (Lipinski definition) is 4.